The molecule has 1 aromatic heterocycles. The van der Waals surface area contributed by atoms with Crippen LogP contribution in [0.1, 0.15) is 35.4 Å². The zero-order valence-electron chi connectivity index (χ0n) is 14.2. The van der Waals surface area contributed by atoms with E-state index in [1.165, 1.54) is 0 Å². The number of aromatic amines is 1. The minimum absolute atomic E-state index is 0.115. The van der Waals surface area contributed by atoms with Gasteiger partial charge in [0.25, 0.3) is 5.91 Å². The number of halogens is 1. The smallest absolute Gasteiger partial charge is 0.269 e. The molecule has 0 spiro atoms. The Bertz CT molecular complexity index is 655. The number of nitrogens with zero attached hydrogens (tertiary/aromatic N) is 2. The predicted molar refractivity (Wildman–Crippen MR) is 94.6 cm³/mol. The molecular formula is C17H23ClN4O2. The molecule has 0 aliphatic rings. The van der Waals surface area contributed by atoms with E-state index in [2.05, 4.69) is 20.4 Å². The topological polar surface area (TPSA) is 70.2 Å². The second kappa shape index (κ2) is 8.70. The van der Waals surface area contributed by atoms with E-state index in [1.54, 1.807) is 6.07 Å². The van der Waals surface area contributed by atoms with Gasteiger partial charge in [-0.05, 0) is 51.7 Å². The van der Waals surface area contributed by atoms with Gasteiger partial charge >= 0.3 is 0 Å². The van der Waals surface area contributed by atoms with Gasteiger partial charge in [0.1, 0.15) is 5.69 Å². The van der Waals surface area contributed by atoms with Gasteiger partial charge in [-0.1, -0.05) is 23.7 Å². The molecule has 130 valence electrons. The fraction of sp³-hybridized carbons (Fsp3) is 0.412. The van der Waals surface area contributed by atoms with Crippen LogP contribution >= 0.6 is 11.6 Å². The van der Waals surface area contributed by atoms with Crippen molar-refractivity contribution in [3.8, 4) is 5.88 Å². The van der Waals surface area contributed by atoms with Gasteiger partial charge in [-0.3, -0.25) is 9.89 Å². The van der Waals surface area contributed by atoms with Crippen molar-refractivity contribution in [2.45, 2.75) is 19.4 Å². The molecule has 0 saturated carbocycles. The number of benzene rings is 1. The maximum Gasteiger partial charge on any atom is 0.269 e. The van der Waals surface area contributed by atoms with E-state index in [1.807, 2.05) is 45.3 Å². The highest BCUT2D eigenvalue weighted by Crippen LogP contribution is 2.20. The number of aromatic nitrogens is 2. The first-order chi connectivity index (χ1) is 11.5. The molecule has 24 heavy (non-hydrogen) atoms. The number of nitrogens with one attached hydrogen (secondary N) is 2. The minimum atomic E-state index is -0.216. The normalized spacial score (nSPS) is 12.2. The number of hydrogen-bond donors (Lipinski definition) is 2. The predicted octanol–water partition coefficient (Wildman–Crippen LogP) is 2.88. The summed E-state index contributed by atoms with van der Waals surface area (Å²) in [5, 5.41) is 10.4. The Hall–Kier alpha value is -2.05. The highest BCUT2D eigenvalue weighted by atomic mass is 35.5. The van der Waals surface area contributed by atoms with E-state index in [4.69, 9.17) is 16.3 Å². The van der Waals surface area contributed by atoms with Crippen LogP contribution in [0.2, 0.25) is 5.02 Å². The molecule has 0 aliphatic heterocycles. The molecular weight excluding hydrogens is 328 g/mol. The molecule has 1 unspecified atom stereocenters. The van der Waals surface area contributed by atoms with Crippen LogP contribution in [0.25, 0.3) is 0 Å². The van der Waals surface area contributed by atoms with Crippen LogP contribution in [0, 0.1) is 0 Å². The lowest BCUT2D eigenvalue weighted by molar-refractivity contribution is 0.0927. The average molecular weight is 351 g/mol. The van der Waals surface area contributed by atoms with Gasteiger partial charge in [-0.15, -0.1) is 5.10 Å². The maximum atomic E-state index is 12.5. The fourth-order valence-corrected chi connectivity index (χ4v) is 2.41. The van der Waals surface area contributed by atoms with Gasteiger partial charge in [-0.25, -0.2) is 0 Å². The summed E-state index contributed by atoms with van der Waals surface area (Å²) < 4.78 is 5.27. The van der Waals surface area contributed by atoms with Crippen LogP contribution in [0.3, 0.4) is 0 Å². The van der Waals surface area contributed by atoms with Crippen molar-refractivity contribution in [3.63, 3.8) is 0 Å². The fourth-order valence-electron chi connectivity index (χ4n) is 2.28. The number of hydrogen-bond acceptors (Lipinski definition) is 4. The van der Waals surface area contributed by atoms with E-state index < -0.39 is 0 Å². The summed E-state index contributed by atoms with van der Waals surface area (Å²) in [7, 11) is 4.01. The van der Waals surface area contributed by atoms with Gasteiger partial charge in [0, 0.05) is 11.1 Å². The summed E-state index contributed by atoms with van der Waals surface area (Å²) in [5.74, 6) is 0.200. The Labute approximate surface area is 147 Å². The SMILES string of the molecule is CCOc1cc(C(=O)NC(CCN(C)C)c2ccc(Cl)cc2)[nH]n1. The zero-order valence-corrected chi connectivity index (χ0v) is 14.9. The van der Waals surface area contributed by atoms with Crippen LogP contribution < -0.4 is 10.1 Å². The van der Waals surface area contributed by atoms with Crippen molar-refractivity contribution in [2.24, 2.45) is 0 Å². The number of carbonyl (C=O) groups excluding carboxylic acids is 1. The molecule has 7 heteroatoms. The third kappa shape index (κ3) is 5.25. The number of H-pyrrole nitrogens is 1. The Morgan fingerprint density at radius 1 is 1.38 bits per heavy atom. The van der Waals surface area contributed by atoms with Crippen molar-refractivity contribution in [1.82, 2.24) is 20.4 Å². The van der Waals surface area contributed by atoms with Crippen molar-refractivity contribution in [3.05, 3.63) is 46.6 Å². The van der Waals surface area contributed by atoms with E-state index in [-0.39, 0.29) is 11.9 Å². The summed E-state index contributed by atoms with van der Waals surface area (Å²) >= 11 is 5.96. The molecule has 0 bridgehead atoms. The first-order valence-corrected chi connectivity index (χ1v) is 8.26. The number of carbonyl (C=O) groups is 1. The zero-order chi connectivity index (χ0) is 17.5. The lowest BCUT2D eigenvalue weighted by Crippen LogP contribution is -2.31. The molecule has 0 fully saturated rings. The lowest BCUT2D eigenvalue weighted by Gasteiger charge is -2.21. The monoisotopic (exact) mass is 350 g/mol. The van der Waals surface area contributed by atoms with E-state index in [0.717, 1.165) is 18.5 Å². The summed E-state index contributed by atoms with van der Waals surface area (Å²) in [6.07, 6.45) is 0.785. The summed E-state index contributed by atoms with van der Waals surface area (Å²) in [5.41, 5.74) is 1.39. The van der Waals surface area contributed by atoms with Gasteiger partial charge in [-0.2, -0.15) is 0 Å². The lowest BCUT2D eigenvalue weighted by atomic mass is 10.0. The van der Waals surface area contributed by atoms with Crippen LogP contribution in [0.15, 0.2) is 30.3 Å². The van der Waals surface area contributed by atoms with Crippen LogP contribution in [-0.2, 0) is 0 Å². The van der Waals surface area contributed by atoms with E-state index in [9.17, 15) is 4.79 Å². The second-order valence-electron chi connectivity index (χ2n) is 5.72. The van der Waals surface area contributed by atoms with Gasteiger partial charge in [0.2, 0.25) is 5.88 Å². The number of amides is 1. The Morgan fingerprint density at radius 2 is 2.08 bits per heavy atom. The largest absolute Gasteiger partial charge is 0.477 e. The molecule has 1 atom stereocenters. The van der Waals surface area contributed by atoms with E-state index in [0.29, 0.717) is 23.2 Å². The maximum absolute atomic E-state index is 12.5. The van der Waals surface area contributed by atoms with Crippen LogP contribution in [-0.4, -0.2) is 48.3 Å². The molecule has 0 radical (unpaired) electrons. The molecule has 2 rings (SSSR count). The Morgan fingerprint density at radius 3 is 2.71 bits per heavy atom. The standard InChI is InChI=1S/C17H23ClN4O2/c1-4-24-16-11-15(20-21-16)17(23)19-14(9-10-22(2)3)12-5-7-13(18)8-6-12/h5-8,11,14H,4,9-10H2,1-3H3,(H,19,23)(H,20,21). The first-order valence-electron chi connectivity index (χ1n) is 7.89. The first kappa shape index (κ1) is 18.3. The molecule has 0 saturated heterocycles. The number of ether oxygens (including phenoxy) is 1. The third-order valence-corrected chi connectivity index (χ3v) is 3.79. The molecule has 1 amide bonds. The van der Waals surface area contributed by atoms with Crippen molar-refractivity contribution in [1.29, 1.82) is 0 Å². The summed E-state index contributed by atoms with van der Waals surface area (Å²) in [6.45, 7) is 3.22. The Kier molecular flexibility index (Phi) is 6.63. The van der Waals surface area contributed by atoms with Gasteiger partial charge < -0.3 is 15.0 Å². The average Bonchev–Trinajstić information content (AvgIpc) is 3.01. The Balaban J connectivity index is 2.10. The number of rotatable bonds is 8. The summed E-state index contributed by atoms with van der Waals surface area (Å²) in [6, 6.07) is 9.01. The molecule has 1 aromatic carbocycles. The van der Waals surface area contributed by atoms with Crippen LogP contribution in [0.5, 0.6) is 5.88 Å². The van der Waals surface area contributed by atoms with Gasteiger partial charge in [0.15, 0.2) is 0 Å². The van der Waals surface area contributed by atoms with E-state index >= 15 is 0 Å². The molecule has 2 aromatic rings. The molecule has 0 aliphatic carbocycles. The highest BCUT2D eigenvalue weighted by Gasteiger charge is 2.18. The quantitative estimate of drug-likeness (QED) is 0.768. The minimum Gasteiger partial charge on any atom is -0.477 e. The summed E-state index contributed by atoms with van der Waals surface area (Å²) in [4.78, 5) is 14.6. The van der Waals surface area contributed by atoms with Crippen molar-refractivity contribution in [2.75, 3.05) is 27.2 Å². The van der Waals surface area contributed by atoms with Crippen molar-refractivity contribution < 1.29 is 9.53 Å². The molecule has 2 N–H and O–H groups in total. The highest BCUT2D eigenvalue weighted by molar-refractivity contribution is 6.30. The molecule has 1 heterocycles. The van der Waals surface area contributed by atoms with Crippen molar-refractivity contribution >= 4 is 17.5 Å². The third-order valence-electron chi connectivity index (χ3n) is 3.53. The second-order valence-corrected chi connectivity index (χ2v) is 6.16. The van der Waals surface area contributed by atoms with Gasteiger partial charge in [0.05, 0.1) is 12.6 Å². The van der Waals surface area contributed by atoms with Crippen LogP contribution in [0.4, 0.5) is 0 Å². The molecule has 6 nitrogen and oxygen atoms in total.